The lowest BCUT2D eigenvalue weighted by atomic mass is 9.96. The van der Waals surface area contributed by atoms with Crippen LogP contribution in [0.5, 0.6) is 23.3 Å². The smallest absolute Gasteiger partial charge is 0.321 e. The van der Waals surface area contributed by atoms with Gasteiger partial charge in [-0.15, -0.1) is 0 Å². The molecule has 39 heavy (non-hydrogen) atoms. The number of aliphatic hydroxyl groups is 1. The van der Waals surface area contributed by atoms with E-state index >= 15 is 0 Å². The van der Waals surface area contributed by atoms with Gasteiger partial charge in [0, 0.05) is 25.1 Å². The molecular weight excluding hydrogens is 524 g/mol. The lowest BCUT2D eigenvalue weighted by Crippen LogP contribution is -2.35. The molecule has 3 aromatic rings. The molecular formula is C29H29ClN2O7. The number of nitrogens with zero attached hydrogens (tertiary/aromatic N) is 2. The van der Waals surface area contributed by atoms with Crippen LogP contribution in [0.15, 0.2) is 42.5 Å². The van der Waals surface area contributed by atoms with Crippen LogP contribution < -0.4 is 18.9 Å². The second-order valence-corrected chi connectivity index (χ2v) is 10.4. The van der Waals surface area contributed by atoms with Crippen LogP contribution in [-0.4, -0.2) is 65.1 Å². The Hall–Kier alpha value is -3.53. The van der Waals surface area contributed by atoms with Crippen LogP contribution in [0.4, 0.5) is 0 Å². The Morgan fingerprint density at radius 3 is 2.77 bits per heavy atom. The van der Waals surface area contributed by atoms with Crippen molar-refractivity contribution in [1.29, 1.82) is 0 Å². The molecule has 0 unspecified atom stereocenters. The number of carboxylic acids is 1. The zero-order chi connectivity index (χ0) is 27.1. The number of pyridine rings is 1. The molecule has 2 aromatic carbocycles. The summed E-state index contributed by atoms with van der Waals surface area (Å²) in [4.78, 5) is 17.9. The molecule has 9 nitrogen and oxygen atoms in total. The van der Waals surface area contributed by atoms with Crippen LogP contribution in [-0.2, 0) is 17.8 Å². The number of β-amino-alcohol motifs (C(OH)–C–C–N with tert-alkyl or cyclic N) is 1. The summed E-state index contributed by atoms with van der Waals surface area (Å²) in [6, 6.07) is 13.1. The summed E-state index contributed by atoms with van der Waals surface area (Å²) in [5.41, 5.74) is 5.11. The molecule has 3 heterocycles. The van der Waals surface area contributed by atoms with Gasteiger partial charge in [-0.05, 0) is 53.3 Å². The third-order valence-electron chi connectivity index (χ3n) is 7.54. The van der Waals surface area contributed by atoms with E-state index < -0.39 is 18.1 Å². The molecule has 0 spiro atoms. The van der Waals surface area contributed by atoms with Gasteiger partial charge in [-0.1, -0.05) is 35.9 Å². The highest BCUT2D eigenvalue weighted by molar-refractivity contribution is 6.31. The van der Waals surface area contributed by atoms with Crippen LogP contribution in [0.1, 0.15) is 35.6 Å². The molecule has 1 fully saturated rings. The monoisotopic (exact) mass is 552 g/mol. The third-order valence-corrected chi connectivity index (χ3v) is 7.81. The van der Waals surface area contributed by atoms with Crippen molar-refractivity contribution in [2.75, 3.05) is 26.9 Å². The van der Waals surface area contributed by atoms with Crippen molar-refractivity contribution in [3.8, 4) is 34.4 Å². The second-order valence-electron chi connectivity index (χ2n) is 9.99. The van der Waals surface area contributed by atoms with E-state index in [4.69, 9.17) is 30.5 Å². The number of benzene rings is 2. The van der Waals surface area contributed by atoms with E-state index in [1.807, 2.05) is 24.3 Å². The van der Waals surface area contributed by atoms with Gasteiger partial charge in [-0.3, -0.25) is 9.69 Å². The number of aliphatic carboxylic acids is 1. The number of ether oxygens (including phenoxy) is 4. The maximum atomic E-state index is 11.6. The number of carboxylic acid groups (broad SMARTS) is 1. The fraction of sp³-hybridized carbons (Fsp3) is 0.379. The molecule has 3 atom stereocenters. The average Bonchev–Trinajstić information content (AvgIpc) is 3.52. The van der Waals surface area contributed by atoms with Crippen molar-refractivity contribution in [1.82, 2.24) is 9.88 Å². The van der Waals surface area contributed by atoms with Crippen molar-refractivity contribution in [2.45, 2.75) is 44.1 Å². The molecule has 2 aliphatic heterocycles. The van der Waals surface area contributed by atoms with Gasteiger partial charge < -0.3 is 29.2 Å². The van der Waals surface area contributed by atoms with Crippen molar-refractivity contribution >= 4 is 17.6 Å². The predicted octanol–water partition coefficient (Wildman–Crippen LogP) is 4.27. The summed E-state index contributed by atoms with van der Waals surface area (Å²) in [6.07, 6.45) is 0.853. The fourth-order valence-corrected chi connectivity index (χ4v) is 5.97. The molecule has 3 aliphatic rings. The maximum Gasteiger partial charge on any atom is 0.321 e. The van der Waals surface area contributed by atoms with Gasteiger partial charge >= 0.3 is 5.97 Å². The molecule has 6 rings (SSSR count). The molecule has 1 aliphatic carbocycles. The molecule has 1 saturated heterocycles. The summed E-state index contributed by atoms with van der Waals surface area (Å²) in [6.45, 7) is 1.57. The molecule has 0 radical (unpaired) electrons. The Bertz CT molecular complexity index is 1410. The first-order valence-corrected chi connectivity index (χ1v) is 13.4. The minimum atomic E-state index is -0.972. The van der Waals surface area contributed by atoms with Crippen LogP contribution in [0.3, 0.4) is 0 Å². The van der Waals surface area contributed by atoms with Crippen molar-refractivity contribution < 1.29 is 34.0 Å². The summed E-state index contributed by atoms with van der Waals surface area (Å²) in [5.74, 6) is 1.11. The maximum absolute atomic E-state index is 11.6. The number of rotatable bonds is 7. The van der Waals surface area contributed by atoms with Crippen LogP contribution >= 0.6 is 11.6 Å². The number of fused-ring (bicyclic) bond motifs is 2. The Morgan fingerprint density at radius 2 is 1.97 bits per heavy atom. The lowest BCUT2D eigenvalue weighted by Gasteiger charge is -2.22. The molecule has 0 amide bonds. The number of hydrogen-bond donors (Lipinski definition) is 2. The van der Waals surface area contributed by atoms with Crippen LogP contribution in [0, 0.1) is 0 Å². The lowest BCUT2D eigenvalue weighted by molar-refractivity contribution is -0.142. The summed E-state index contributed by atoms with van der Waals surface area (Å²) in [5, 5.41) is 19.8. The predicted molar refractivity (Wildman–Crippen MR) is 143 cm³/mol. The number of methoxy groups -OCH3 is 1. The summed E-state index contributed by atoms with van der Waals surface area (Å²) in [7, 11) is 1.50. The highest BCUT2D eigenvalue weighted by atomic mass is 35.5. The van der Waals surface area contributed by atoms with Crippen molar-refractivity contribution in [3.05, 3.63) is 64.2 Å². The molecule has 0 saturated carbocycles. The topological polar surface area (TPSA) is 111 Å². The molecule has 1 aromatic heterocycles. The minimum absolute atomic E-state index is 0.176. The van der Waals surface area contributed by atoms with Gasteiger partial charge in [0.05, 0.1) is 13.2 Å². The van der Waals surface area contributed by atoms with E-state index in [2.05, 4.69) is 17.1 Å². The van der Waals surface area contributed by atoms with Crippen LogP contribution in [0.2, 0.25) is 5.02 Å². The number of aliphatic hydroxyl groups excluding tert-OH is 1. The van der Waals surface area contributed by atoms with E-state index in [1.165, 1.54) is 12.7 Å². The summed E-state index contributed by atoms with van der Waals surface area (Å²) >= 11 is 6.62. The van der Waals surface area contributed by atoms with E-state index in [-0.39, 0.29) is 31.5 Å². The Morgan fingerprint density at radius 1 is 1.15 bits per heavy atom. The molecule has 2 N–H and O–H groups in total. The third kappa shape index (κ3) is 4.97. The van der Waals surface area contributed by atoms with E-state index in [0.717, 1.165) is 41.0 Å². The normalized spacial score (nSPS) is 22.0. The SMILES string of the molecule is COc1nc(O[C@H]2CCc3c(-c4ccc5c(c4)OCCO5)cccc32)c(Cl)cc1CN1C[C@@H](O)C[C@H]1C(=O)O. The molecule has 204 valence electrons. The first kappa shape index (κ1) is 25.7. The molecule has 0 bridgehead atoms. The Balaban J connectivity index is 1.24. The molecule has 10 heteroatoms. The zero-order valence-electron chi connectivity index (χ0n) is 21.4. The number of likely N-dealkylation sites (tertiary alicyclic amines) is 1. The van der Waals surface area contributed by atoms with E-state index in [9.17, 15) is 15.0 Å². The Kier molecular flexibility index (Phi) is 6.97. The number of aromatic nitrogens is 1. The average molecular weight is 553 g/mol. The van der Waals surface area contributed by atoms with E-state index in [0.29, 0.717) is 29.7 Å². The minimum Gasteiger partial charge on any atom is -0.486 e. The van der Waals surface area contributed by atoms with Gasteiger partial charge in [0.25, 0.3) is 0 Å². The van der Waals surface area contributed by atoms with Crippen molar-refractivity contribution in [3.63, 3.8) is 0 Å². The van der Waals surface area contributed by atoms with Crippen molar-refractivity contribution in [2.24, 2.45) is 0 Å². The quantitative estimate of drug-likeness (QED) is 0.444. The van der Waals surface area contributed by atoms with Gasteiger partial charge in [-0.2, -0.15) is 4.98 Å². The largest absolute Gasteiger partial charge is 0.486 e. The van der Waals surface area contributed by atoms with E-state index in [1.54, 1.807) is 11.0 Å². The summed E-state index contributed by atoms with van der Waals surface area (Å²) < 4.78 is 23.3. The Labute approximate surface area is 230 Å². The highest BCUT2D eigenvalue weighted by Gasteiger charge is 2.36. The van der Waals surface area contributed by atoms with Gasteiger partial charge in [0.2, 0.25) is 11.8 Å². The fourth-order valence-electron chi connectivity index (χ4n) is 5.75. The van der Waals surface area contributed by atoms with Crippen LogP contribution in [0.25, 0.3) is 11.1 Å². The van der Waals surface area contributed by atoms with Gasteiger partial charge in [0.15, 0.2) is 11.5 Å². The van der Waals surface area contributed by atoms with Gasteiger partial charge in [-0.25, -0.2) is 0 Å². The first-order chi connectivity index (χ1) is 18.9. The number of halogens is 1. The zero-order valence-corrected chi connectivity index (χ0v) is 22.2. The van der Waals surface area contributed by atoms with Gasteiger partial charge in [0.1, 0.15) is 30.4 Å². The second kappa shape index (κ2) is 10.6. The standard InChI is InChI=1S/C29H29ClN2O7/c1-36-27-17(14-32-15-18(33)13-23(32)29(34)35)11-22(30)28(31-27)39-24-8-6-20-19(3-2-4-21(20)24)16-5-7-25-26(12-16)38-10-9-37-25/h2-5,7,11-12,18,23-24,33H,6,8-10,13-15H2,1H3,(H,34,35)/t18-,23-,24-/m0/s1. The number of carbonyl (C=O) groups is 1. The number of hydrogen-bond acceptors (Lipinski definition) is 8. The first-order valence-electron chi connectivity index (χ1n) is 13.0. The highest BCUT2D eigenvalue weighted by Crippen LogP contribution is 2.43.